The summed E-state index contributed by atoms with van der Waals surface area (Å²) in [5.41, 5.74) is 0.345. The van der Waals surface area contributed by atoms with E-state index in [-0.39, 0.29) is 0 Å². The Morgan fingerprint density at radius 1 is 1.29 bits per heavy atom. The van der Waals surface area contributed by atoms with Crippen molar-refractivity contribution in [3.8, 4) is 0 Å². The molecule has 3 heteroatoms. The molecule has 2 aliphatic rings. The molecule has 0 spiro atoms. The van der Waals surface area contributed by atoms with Crippen LogP contribution in [-0.2, 0) is 4.74 Å². The van der Waals surface area contributed by atoms with Gasteiger partial charge in [-0.1, -0.05) is 19.8 Å². The lowest BCUT2D eigenvalue weighted by atomic mass is 9.81. The van der Waals surface area contributed by atoms with Crippen molar-refractivity contribution in [2.24, 2.45) is 5.41 Å². The van der Waals surface area contributed by atoms with Crippen molar-refractivity contribution in [2.45, 2.75) is 77.8 Å². The zero-order valence-corrected chi connectivity index (χ0v) is 14.5. The Kier molecular flexibility index (Phi) is 6.97. The van der Waals surface area contributed by atoms with E-state index in [1.165, 1.54) is 58.0 Å². The molecule has 1 heterocycles. The second-order valence-corrected chi connectivity index (χ2v) is 7.58. The molecule has 124 valence electrons. The Labute approximate surface area is 131 Å². The fourth-order valence-corrected chi connectivity index (χ4v) is 3.39. The van der Waals surface area contributed by atoms with E-state index in [0.717, 1.165) is 25.8 Å². The first-order chi connectivity index (χ1) is 10.2. The largest absolute Gasteiger partial charge is 0.381 e. The van der Waals surface area contributed by atoms with Crippen LogP contribution in [0.3, 0.4) is 0 Å². The van der Waals surface area contributed by atoms with Crippen LogP contribution in [0.2, 0.25) is 0 Å². The molecule has 3 nitrogen and oxygen atoms in total. The average Bonchev–Trinajstić information content (AvgIpc) is 3.30. The molecule has 0 amide bonds. The molecule has 0 bridgehead atoms. The van der Waals surface area contributed by atoms with Gasteiger partial charge < -0.3 is 15.0 Å². The summed E-state index contributed by atoms with van der Waals surface area (Å²) in [6, 6.07) is 1.44. The Balaban J connectivity index is 1.89. The van der Waals surface area contributed by atoms with Gasteiger partial charge >= 0.3 is 0 Å². The zero-order chi connectivity index (χ0) is 15.1. The SMILES string of the molecule is CCCCCN(CC1(CNC2CC2)CCCOC1)C(C)C. The van der Waals surface area contributed by atoms with E-state index >= 15 is 0 Å². The van der Waals surface area contributed by atoms with Gasteiger partial charge in [-0.15, -0.1) is 0 Å². The maximum atomic E-state index is 5.88. The third-order valence-electron chi connectivity index (χ3n) is 5.06. The van der Waals surface area contributed by atoms with Crippen LogP contribution in [-0.4, -0.2) is 49.8 Å². The maximum Gasteiger partial charge on any atom is 0.0546 e. The number of ether oxygens (including phenoxy) is 1. The first-order valence-electron chi connectivity index (χ1n) is 9.20. The molecule has 1 atom stereocenters. The molecule has 2 fully saturated rings. The lowest BCUT2D eigenvalue weighted by molar-refractivity contribution is -0.0312. The van der Waals surface area contributed by atoms with Crippen LogP contribution >= 0.6 is 0 Å². The Bertz CT molecular complexity index is 283. The van der Waals surface area contributed by atoms with Gasteiger partial charge in [0.05, 0.1) is 6.61 Å². The maximum absolute atomic E-state index is 5.88. The van der Waals surface area contributed by atoms with E-state index in [1.54, 1.807) is 0 Å². The van der Waals surface area contributed by atoms with Crippen molar-refractivity contribution >= 4 is 0 Å². The summed E-state index contributed by atoms with van der Waals surface area (Å²) in [6.45, 7) is 12.5. The van der Waals surface area contributed by atoms with Gasteiger partial charge in [-0.3, -0.25) is 0 Å². The van der Waals surface area contributed by atoms with Crippen LogP contribution < -0.4 is 5.32 Å². The standard InChI is InChI=1S/C18H36N2O/c1-4-5-6-11-20(16(2)3)14-18(10-7-12-21-15-18)13-19-17-8-9-17/h16-17,19H,4-15H2,1-3H3. The molecule has 1 saturated carbocycles. The minimum Gasteiger partial charge on any atom is -0.381 e. The second kappa shape index (κ2) is 8.50. The van der Waals surface area contributed by atoms with E-state index in [4.69, 9.17) is 4.74 Å². The topological polar surface area (TPSA) is 24.5 Å². The van der Waals surface area contributed by atoms with Crippen molar-refractivity contribution in [2.75, 3.05) is 32.8 Å². The molecule has 1 N–H and O–H groups in total. The normalized spacial score (nSPS) is 26.7. The summed E-state index contributed by atoms with van der Waals surface area (Å²) in [6.07, 6.45) is 9.30. The summed E-state index contributed by atoms with van der Waals surface area (Å²) in [4.78, 5) is 2.69. The van der Waals surface area contributed by atoms with Crippen molar-refractivity contribution in [3.05, 3.63) is 0 Å². The van der Waals surface area contributed by atoms with Gasteiger partial charge in [0.2, 0.25) is 0 Å². The molecule has 21 heavy (non-hydrogen) atoms. The summed E-state index contributed by atoms with van der Waals surface area (Å²) >= 11 is 0. The zero-order valence-electron chi connectivity index (χ0n) is 14.5. The number of hydrogen-bond donors (Lipinski definition) is 1. The van der Waals surface area contributed by atoms with Gasteiger partial charge in [0.1, 0.15) is 0 Å². The first-order valence-corrected chi connectivity index (χ1v) is 9.20. The monoisotopic (exact) mass is 296 g/mol. The van der Waals surface area contributed by atoms with E-state index < -0.39 is 0 Å². The smallest absolute Gasteiger partial charge is 0.0546 e. The highest BCUT2D eigenvalue weighted by molar-refractivity contribution is 4.91. The van der Waals surface area contributed by atoms with Crippen molar-refractivity contribution in [1.82, 2.24) is 10.2 Å². The molecule has 1 unspecified atom stereocenters. The second-order valence-electron chi connectivity index (χ2n) is 7.58. The van der Waals surface area contributed by atoms with Crippen molar-refractivity contribution < 1.29 is 4.74 Å². The number of unbranched alkanes of at least 4 members (excludes halogenated alkanes) is 2. The number of rotatable bonds is 10. The quantitative estimate of drug-likeness (QED) is 0.625. The highest BCUT2D eigenvalue weighted by Crippen LogP contribution is 2.31. The van der Waals surface area contributed by atoms with E-state index in [9.17, 15) is 0 Å². The molecule has 1 aliphatic carbocycles. The van der Waals surface area contributed by atoms with Crippen LogP contribution in [0.1, 0.15) is 65.7 Å². The van der Waals surface area contributed by atoms with Crippen LogP contribution in [0.15, 0.2) is 0 Å². The summed E-state index contributed by atoms with van der Waals surface area (Å²) in [7, 11) is 0. The predicted molar refractivity (Wildman–Crippen MR) is 89.7 cm³/mol. The number of hydrogen-bond acceptors (Lipinski definition) is 3. The fourth-order valence-electron chi connectivity index (χ4n) is 3.39. The van der Waals surface area contributed by atoms with Crippen LogP contribution in [0.4, 0.5) is 0 Å². The van der Waals surface area contributed by atoms with Gasteiger partial charge in [0.15, 0.2) is 0 Å². The molecule has 0 radical (unpaired) electrons. The Hall–Kier alpha value is -0.120. The fraction of sp³-hybridized carbons (Fsp3) is 1.00. The minimum absolute atomic E-state index is 0.345. The highest BCUT2D eigenvalue weighted by Gasteiger charge is 2.36. The number of nitrogens with zero attached hydrogens (tertiary/aromatic N) is 1. The third kappa shape index (κ3) is 5.88. The van der Waals surface area contributed by atoms with Gasteiger partial charge in [-0.2, -0.15) is 0 Å². The molecule has 1 saturated heterocycles. The molecular weight excluding hydrogens is 260 g/mol. The molecule has 0 aromatic heterocycles. The molecule has 0 aromatic carbocycles. The third-order valence-corrected chi connectivity index (χ3v) is 5.06. The van der Waals surface area contributed by atoms with Gasteiger partial charge in [0.25, 0.3) is 0 Å². The van der Waals surface area contributed by atoms with Gasteiger partial charge in [-0.25, -0.2) is 0 Å². The van der Waals surface area contributed by atoms with E-state index in [0.29, 0.717) is 11.5 Å². The van der Waals surface area contributed by atoms with E-state index in [1.807, 2.05) is 0 Å². The van der Waals surface area contributed by atoms with Crippen LogP contribution in [0.25, 0.3) is 0 Å². The summed E-state index contributed by atoms with van der Waals surface area (Å²) in [5, 5.41) is 3.77. The lowest BCUT2D eigenvalue weighted by Crippen LogP contribution is -2.51. The van der Waals surface area contributed by atoms with Crippen molar-refractivity contribution in [3.63, 3.8) is 0 Å². The first kappa shape index (κ1) is 17.2. The van der Waals surface area contributed by atoms with E-state index in [2.05, 4.69) is 31.0 Å². The number of nitrogens with one attached hydrogen (secondary N) is 1. The Morgan fingerprint density at radius 3 is 2.67 bits per heavy atom. The Morgan fingerprint density at radius 2 is 2.10 bits per heavy atom. The molecule has 0 aromatic rings. The summed E-state index contributed by atoms with van der Waals surface area (Å²) in [5.74, 6) is 0. The average molecular weight is 296 g/mol. The van der Waals surface area contributed by atoms with Crippen LogP contribution in [0, 0.1) is 5.41 Å². The van der Waals surface area contributed by atoms with Crippen molar-refractivity contribution in [1.29, 1.82) is 0 Å². The predicted octanol–water partition coefficient (Wildman–Crippen LogP) is 3.44. The lowest BCUT2D eigenvalue weighted by Gasteiger charge is -2.42. The summed E-state index contributed by atoms with van der Waals surface area (Å²) < 4.78 is 5.88. The van der Waals surface area contributed by atoms with Crippen LogP contribution in [0.5, 0.6) is 0 Å². The molecule has 1 aliphatic heterocycles. The molecule has 2 rings (SSSR count). The van der Waals surface area contributed by atoms with Gasteiger partial charge in [-0.05, 0) is 52.5 Å². The highest BCUT2D eigenvalue weighted by atomic mass is 16.5. The minimum atomic E-state index is 0.345. The molecular formula is C18H36N2O. The van der Waals surface area contributed by atoms with Gasteiger partial charge in [0, 0.05) is 37.2 Å².